The van der Waals surface area contributed by atoms with Gasteiger partial charge in [-0.3, -0.25) is 4.68 Å². The second-order valence-electron chi connectivity index (χ2n) is 4.67. The quantitative estimate of drug-likeness (QED) is 0.917. The second kappa shape index (κ2) is 4.77. The zero-order valence-corrected chi connectivity index (χ0v) is 10.4. The van der Waals surface area contributed by atoms with Gasteiger partial charge in [0.15, 0.2) is 0 Å². The third-order valence-electron chi connectivity index (χ3n) is 3.26. The van der Waals surface area contributed by atoms with Crippen molar-refractivity contribution in [3.8, 4) is 0 Å². The van der Waals surface area contributed by atoms with Gasteiger partial charge in [-0.2, -0.15) is 18.3 Å². The minimum atomic E-state index is -4.45. The molecule has 2 aromatic heterocycles. The van der Waals surface area contributed by atoms with Gasteiger partial charge in [0.1, 0.15) is 17.8 Å². The SMILES string of the molecule is FC(F)(F)c1cc(NC2CCn3nccc3C2)ncn1. The van der Waals surface area contributed by atoms with Gasteiger partial charge in [-0.05, 0) is 12.5 Å². The highest BCUT2D eigenvalue weighted by atomic mass is 19.4. The summed E-state index contributed by atoms with van der Waals surface area (Å²) in [5.74, 6) is 0.199. The summed E-state index contributed by atoms with van der Waals surface area (Å²) in [7, 11) is 0. The van der Waals surface area contributed by atoms with Gasteiger partial charge in [-0.1, -0.05) is 0 Å². The van der Waals surface area contributed by atoms with E-state index in [2.05, 4.69) is 20.4 Å². The molecule has 5 nitrogen and oxygen atoms in total. The van der Waals surface area contributed by atoms with Crippen molar-refractivity contribution in [3.63, 3.8) is 0 Å². The normalized spacial score (nSPS) is 18.6. The van der Waals surface area contributed by atoms with Crippen molar-refractivity contribution in [2.24, 2.45) is 0 Å². The van der Waals surface area contributed by atoms with Crippen molar-refractivity contribution >= 4 is 5.82 Å². The van der Waals surface area contributed by atoms with Crippen LogP contribution in [0.4, 0.5) is 19.0 Å². The first-order valence-corrected chi connectivity index (χ1v) is 6.19. The zero-order chi connectivity index (χ0) is 14.2. The van der Waals surface area contributed by atoms with Crippen LogP contribution in [0.3, 0.4) is 0 Å². The summed E-state index contributed by atoms with van der Waals surface area (Å²) in [4.78, 5) is 7.09. The van der Waals surface area contributed by atoms with Crippen LogP contribution in [0.15, 0.2) is 24.7 Å². The van der Waals surface area contributed by atoms with Crippen LogP contribution in [0.25, 0.3) is 0 Å². The van der Waals surface area contributed by atoms with E-state index in [9.17, 15) is 13.2 Å². The Labute approximate surface area is 112 Å². The van der Waals surface area contributed by atoms with Gasteiger partial charge >= 0.3 is 6.18 Å². The molecule has 3 heterocycles. The predicted octanol–water partition coefficient (Wildman–Crippen LogP) is 2.12. The average molecular weight is 283 g/mol. The van der Waals surface area contributed by atoms with Gasteiger partial charge in [0.2, 0.25) is 0 Å². The lowest BCUT2D eigenvalue weighted by molar-refractivity contribution is -0.141. The Balaban J connectivity index is 1.73. The fraction of sp³-hybridized carbons (Fsp3) is 0.417. The van der Waals surface area contributed by atoms with E-state index < -0.39 is 11.9 Å². The van der Waals surface area contributed by atoms with Crippen molar-refractivity contribution in [1.29, 1.82) is 0 Å². The zero-order valence-electron chi connectivity index (χ0n) is 10.4. The van der Waals surface area contributed by atoms with Crippen molar-refractivity contribution in [1.82, 2.24) is 19.7 Å². The van der Waals surface area contributed by atoms with E-state index in [0.29, 0.717) is 6.42 Å². The van der Waals surface area contributed by atoms with Crippen LogP contribution >= 0.6 is 0 Å². The molecule has 0 saturated heterocycles. The van der Waals surface area contributed by atoms with Gasteiger partial charge < -0.3 is 5.32 Å². The maximum atomic E-state index is 12.6. The van der Waals surface area contributed by atoms with Crippen LogP contribution in [0.2, 0.25) is 0 Å². The molecule has 0 aliphatic carbocycles. The average Bonchev–Trinajstić information content (AvgIpc) is 2.85. The molecule has 0 aromatic carbocycles. The molecule has 0 fully saturated rings. The van der Waals surface area contributed by atoms with Crippen molar-refractivity contribution in [2.75, 3.05) is 5.32 Å². The molecule has 106 valence electrons. The van der Waals surface area contributed by atoms with Gasteiger partial charge in [-0.15, -0.1) is 0 Å². The molecule has 3 rings (SSSR count). The Morgan fingerprint density at radius 1 is 1.30 bits per heavy atom. The van der Waals surface area contributed by atoms with E-state index in [-0.39, 0.29) is 11.9 Å². The highest BCUT2D eigenvalue weighted by Crippen LogP contribution is 2.28. The van der Waals surface area contributed by atoms with Crippen molar-refractivity contribution in [2.45, 2.75) is 31.6 Å². The summed E-state index contributed by atoms with van der Waals surface area (Å²) < 4.78 is 39.6. The molecule has 8 heteroatoms. The van der Waals surface area contributed by atoms with Crippen LogP contribution in [-0.4, -0.2) is 25.8 Å². The summed E-state index contributed by atoms with van der Waals surface area (Å²) in [5, 5.41) is 7.19. The third kappa shape index (κ3) is 2.59. The standard InChI is InChI=1S/C12H12F3N5/c13-12(14,15)10-6-11(17-7-16-10)19-8-2-4-20-9(5-8)1-3-18-20/h1,3,6-8H,2,4-5H2,(H,16,17,19). The first-order valence-electron chi connectivity index (χ1n) is 6.19. The number of aryl methyl sites for hydroxylation is 1. The van der Waals surface area contributed by atoms with E-state index in [1.165, 1.54) is 0 Å². The number of halogens is 3. The Hall–Kier alpha value is -2.12. The maximum Gasteiger partial charge on any atom is 0.433 e. The fourth-order valence-corrected chi connectivity index (χ4v) is 2.29. The molecular weight excluding hydrogens is 271 g/mol. The summed E-state index contributed by atoms with van der Waals surface area (Å²) >= 11 is 0. The van der Waals surface area contributed by atoms with Crippen LogP contribution in [-0.2, 0) is 19.1 Å². The molecule has 1 aliphatic rings. The highest BCUT2D eigenvalue weighted by molar-refractivity contribution is 5.37. The first-order chi connectivity index (χ1) is 9.52. The molecule has 0 saturated carbocycles. The number of aromatic nitrogens is 4. The minimum Gasteiger partial charge on any atom is -0.367 e. The van der Waals surface area contributed by atoms with Gasteiger partial charge in [0, 0.05) is 37.0 Å². The molecule has 1 aliphatic heterocycles. The maximum absolute atomic E-state index is 12.6. The van der Waals surface area contributed by atoms with E-state index in [1.54, 1.807) is 6.20 Å². The van der Waals surface area contributed by atoms with Crippen LogP contribution in [0, 0.1) is 0 Å². The Morgan fingerprint density at radius 2 is 2.15 bits per heavy atom. The summed E-state index contributed by atoms with van der Waals surface area (Å²) in [6.45, 7) is 0.747. The Bertz CT molecular complexity index is 607. The Morgan fingerprint density at radius 3 is 2.95 bits per heavy atom. The molecule has 0 spiro atoms. The lowest BCUT2D eigenvalue weighted by Gasteiger charge is -2.24. The number of rotatable bonds is 2. The number of nitrogens with one attached hydrogen (secondary N) is 1. The van der Waals surface area contributed by atoms with Gasteiger partial charge in [-0.25, -0.2) is 9.97 Å². The van der Waals surface area contributed by atoms with E-state index in [4.69, 9.17) is 0 Å². The smallest absolute Gasteiger partial charge is 0.367 e. The summed E-state index contributed by atoms with van der Waals surface area (Å²) in [6.07, 6.45) is -0.293. The van der Waals surface area contributed by atoms with Crippen molar-refractivity contribution in [3.05, 3.63) is 36.0 Å². The minimum absolute atomic E-state index is 0.0511. The number of anilines is 1. The molecule has 0 radical (unpaired) electrons. The number of hydrogen-bond donors (Lipinski definition) is 1. The Kier molecular flexibility index (Phi) is 3.07. The monoisotopic (exact) mass is 283 g/mol. The molecular formula is C12H12F3N5. The first kappa shape index (κ1) is 12.9. The molecule has 0 amide bonds. The summed E-state index contributed by atoms with van der Waals surface area (Å²) in [5.41, 5.74) is 0.134. The third-order valence-corrected chi connectivity index (χ3v) is 3.26. The van der Waals surface area contributed by atoms with Crippen molar-refractivity contribution < 1.29 is 13.2 Å². The molecule has 2 aromatic rings. The number of alkyl halides is 3. The fourth-order valence-electron chi connectivity index (χ4n) is 2.29. The van der Waals surface area contributed by atoms with Crippen LogP contribution in [0.1, 0.15) is 17.8 Å². The highest BCUT2D eigenvalue weighted by Gasteiger charge is 2.33. The lowest BCUT2D eigenvalue weighted by Crippen LogP contribution is -2.30. The topological polar surface area (TPSA) is 55.6 Å². The summed E-state index contributed by atoms with van der Waals surface area (Å²) in [6, 6.07) is 2.90. The van der Waals surface area contributed by atoms with Gasteiger partial charge in [0.25, 0.3) is 0 Å². The van der Waals surface area contributed by atoms with Gasteiger partial charge in [0.05, 0.1) is 0 Å². The largest absolute Gasteiger partial charge is 0.433 e. The van der Waals surface area contributed by atoms with E-state index >= 15 is 0 Å². The number of hydrogen-bond acceptors (Lipinski definition) is 4. The molecule has 1 N–H and O–H groups in total. The van der Waals surface area contributed by atoms with Crippen LogP contribution < -0.4 is 5.32 Å². The van der Waals surface area contributed by atoms with E-state index in [1.807, 2.05) is 10.7 Å². The van der Waals surface area contributed by atoms with Crippen LogP contribution in [0.5, 0.6) is 0 Å². The molecule has 20 heavy (non-hydrogen) atoms. The lowest BCUT2D eigenvalue weighted by atomic mass is 10.0. The molecule has 0 bridgehead atoms. The molecule has 1 unspecified atom stereocenters. The number of nitrogens with zero attached hydrogens (tertiary/aromatic N) is 4. The predicted molar refractivity (Wildman–Crippen MR) is 65.0 cm³/mol. The second-order valence-corrected chi connectivity index (χ2v) is 4.67. The van der Waals surface area contributed by atoms with E-state index in [0.717, 1.165) is 31.1 Å². The molecule has 1 atom stereocenters. The number of fused-ring (bicyclic) bond motifs is 1.